The van der Waals surface area contributed by atoms with Crippen molar-refractivity contribution in [1.82, 2.24) is 4.90 Å². The molecule has 5 aliphatic rings. The minimum Gasteiger partial charge on any atom is -0.389 e. The summed E-state index contributed by atoms with van der Waals surface area (Å²) in [7, 11) is 0. The summed E-state index contributed by atoms with van der Waals surface area (Å²) in [5, 5.41) is 10.5. The molecule has 1 aromatic carbocycles. The molecule has 1 unspecified atom stereocenters. The first-order valence-corrected chi connectivity index (χ1v) is 10.7. The van der Waals surface area contributed by atoms with Crippen molar-refractivity contribution >= 4 is 0 Å². The van der Waals surface area contributed by atoms with Crippen molar-refractivity contribution in [1.29, 1.82) is 0 Å². The lowest BCUT2D eigenvalue weighted by Gasteiger charge is -2.56. The molecule has 4 fully saturated rings. The molecule has 1 heterocycles. The van der Waals surface area contributed by atoms with Crippen LogP contribution in [0.2, 0.25) is 0 Å². The lowest BCUT2D eigenvalue weighted by molar-refractivity contribution is -0.107. The van der Waals surface area contributed by atoms with Crippen LogP contribution in [0.3, 0.4) is 0 Å². The zero-order valence-corrected chi connectivity index (χ0v) is 15.9. The molecule has 1 N–H and O–H groups in total. The molecule has 142 valence electrons. The van der Waals surface area contributed by atoms with Gasteiger partial charge in [-0.15, -0.1) is 0 Å². The minimum atomic E-state index is -0.367. The van der Waals surface area contributed by atoms with Crippen LogP contribution in [0.5, 0.6) is 0 Å². The third-order valence-electron chi connectivity index (χ3n) is 7.56. The molecule has 0 aromatic heterocycles. The van der Waals surface area contributed by atoms with Crippen LogP contribution >= 0.6 is 0 Å². The number of benzene rings is 1. The quantitative estimate of drug-likeness (QED) is 0.846. The molecule has 1 atom stereocenters. The Bertz CT molecular complexity index is 608. The van der Waals surface area contributed by atoms with Gasteiger partial charge < -0.3 is 9.84 Å². The second kappa shape index (κ2) is 6.92. The van der Waals surface area contributed by atoms with E-state index < -0.39 is 0 Å². The van der Waals surface area contributed by atoms with E-state index in [-0.39, 0.29) is 6.10 Å². The molecule has 3 nitrogen and oxygen atoms in total. The molecular formula is C23H33NO2. The van der Waals surface area contributed by atoms with E-state index in [2.05, 4.69) is 29.2 Å². The lowest BCUT2D eigenvalue weighted by atomic mass is 9.50. The maximum Gasteiger partial charge on any atom is 0.0900 e. The lowest BCUT2D eigenvalue weighted by Crippen LogP contribution is -2.48. The first-order valence-electron chi connectivity index (χ1n) is 10.7. The second-order valence-corrected chi connectivity index (χ2v) is 9.84. The zero-order valence-electron chi connectivity index (χ0n) is 15.9. The van der Waals surface area contributed by atoms with Gasteiger partial charge in [-0.05, 0) is 79.2 Å². The van der Waals surface area contributed by atoms with Gasteiger partial charge in [0.25, 0.3) is 0 Å². The van der Waals surface area contributed by atoms with E-state index in [9.17, 15) is 5.11 Å². The zero-order chi connectivity index (χ0) is 17.6. The predicted molar refractivity (Wildman–Crippen MR) is 103 cm³/mol. The SMILES string of the molecule is OC(COCC12CC3CC(CC(C3)C1)C2)CN1CCc2ccccc2C1. The molecular weight excluding hydrogens is 322 g/mol. The monoisotopic (exact) mass is 355 g/mol. The van der Waals surface area contributed by atoms with Crippen LogP contribution in [0, 0.1) is 23.2 Å². The van der Waals surface area contributed by atoms with Gasteiger partial charge in [0.1, 0.15) is 0 Å². The largest absolute Gasteiger partial charge is 0.389 e. The van der Waals surface area contributed by atoms with Crippen LogP contribution in [0.25, 0.3) is 0 Å². The Balaban J connectivity index is 1.09. The highest BCUT2D eigenvalue weighted by molar-refractivity contribution is 5.29. The van der Waals surface area contributed by atoms with Crippen LogP contribution in [0.4, 0.5) is 0 Å². The molecule has 4 bridgehead atoms. The van der Waals surface area contributed by atoms with Gasteiger partial charge >= 0.3 is 0 Å². The van der Waals surface area contributed by atoms with E-state index in [0.29, 0.717) is 12.0 Å². The summed E-state index contributed by atoms with van der Waals surface area (Å²) < 4.78 is 6.11. The highest BCUT2D eigenvalue weighted by Crippen LogP contribution is 2.60. The van der Waals surface area contributed by atoms with Gasteiger partial charge in [0.15, 0.2) is 0 Å². The summed E-state index contributed by atoms with van der Waals surface area (Å²) in [4.78, 5) is 2.38. The fraction of sp³-hybridized carbons (Fsp3) is 0.739. The minimum absolute atomic E-state index is 0.367. The van der Waals surface area contributed by atoms with E-state index in [0.717, 1.165) is 50.4 Å². The summed E-state index contributed by atoms with van der Waals surface area (Å²) in [6, 6.07) is 8.70. The van der Waals surface area contributed by atoms with Crippen LogP contribution in [-0.2, 0) is 17.7 Å². The van der Waals surface area contributed by atoms with Crippen LogP contribution in [-0.4, -0.2) is 42.4 Å². The van der Waals surface area contributed by atoms with Crippen LogP contribution in [0.15, 0.2) is 24.3 Å². The smallest absolute Gasteiger partial charge is 0.0900 e. The Morgan fingerprint density at radius 2 is 1.69 bits per heavy atom. The molecule has 4 saturated carbocycles. The van der Waals surface area contributed by atoms with E-state index in [4.69, 9.17) is 4.74 Å². The van der Waals surface area contributed by atoms with Gasteiger partial charge in [0.2, 0.25) is 0 Å². The molecule has 1 aromatic rings. The fourth-order valence-corrected chi connectivity index (χ4v) is 6.94. The van der Waals surface area contributed by atoms with Crippen molar-refractivity contribution in [2.24, 2.45) is 23.2 Å². The number of fused-ring (bicyclic) bond motifs is 1. The first kappa shape index (κ1) is 17.2. The standard InChI is InChI=1S/C23H33NO2/c25-22(14-24-6-5-20-3-1-2-4-21(20)13-24)15-26-16-23-10-17-7-18(11-23)9-19(8-17)12-23/h1-4,17-19,22,25H,5-16H2. The Morgan fingerprint density at radius 1 is 1.04 bits per heavy atom. The normalized spacial score (nSPS) is 36.9. The predicted octanol–water partition coefficient (Wildman–Crippen LogP) is 3.64. The molecule has 1 aliphatic heterocycles. The molecule has 6 rings (SSSR count). The van der Waals surface area contributed by atoms with Gasteiger partial charge in [-0.1, -0.05) is 24.3 Å². The summed E-state index contributed by atoms with van der Waals surface area (Å²) in [6.07, 6.45) is 9.34. The number of nitrogens with zero attached hydrogens (tertiary/aromatic N) is 1. The highest BCUT2D eigenvalue weighted by atomic mass is 16.5. The molecule has 3 heteroatoms. The van der Waals surface area contributed by atoms with Crippen LogP contribution in [0.1, 0.15) is 49.7 Å². The summed E-state index contributed by atoms with van der Waals surface area (Å²) in [5.41, 5.74) is 3.34. The number of aliphatic hydroxyl groups excluding tert-OH is 1. The molecule has 0 saturated heterocycles. The number of ether oxygens (including phenoxy) is 1. The van der Waals surface area contributed by atoms with Gasteiger partial charge in [-0.3, -0.25) is 4.90 Å². The molecule has 0 spiro atoms. The fourth-order valence-electron chi connectivity index (χ4n) is 6.94. The summed E-state index contributed by atoms with van der Waals surface area (Å²) in [6.45, 7) is 4.12. The number of aliphatic hydroxyl groups is 1. The van der Waals surface area contributed by atoms with E-state index >= 15 is 0 Å². The van der Waals surface area contributed by atoms with Crippen molar-refractivity contribution < 1.29 is 9.84 Å². The summed E-state index contributed by atoms with van der Waals surface area (Å²) >= 11 is 0. The number of β-amino-alcohol motifs (C(OH)–C–C–N with tert-alkyl or cyclic N) is 1. The van der Waals surface area contributed by atoms with Gasteiger partial charge in [-0.25, -0.2) is 0 Å². The van der Waals surface area contributed by atoms with Crippen molar-refractivity contribution in [2.75, 3.05) is 26.3 Å². The average Bonchev–Trinajstić information content (AvgIpc) is 2.60. The number of hydrogen-bond donors (Lipinski definition) is 1. The third kappa shape index (κ3) is 3.46. The van der Waals surface area contributed by atoms with Gasteiger partial charge in [0.05, 0.1) is 19.3 Å². The van der Waals surface area contributed by atoms with Crippen LogP contribution < -0.4 is 0 Å². The van der Waals surface area contributed by atoms with Crippen molar-refractivity contribution in [2.45, 2.75) is 57.6 Å². The maximum atomic E-state index is 10.5. The van der Waals surface area contributed by atoms with E-state index in [1.807, 2.05) is 0 Å². The van der Waals surface area contributed by atoms with Crippen molar-refractivity contribution in [3.8, 4) is 0 Å². The van der Waals surface area contributed by atoms with Crippen molar-refractivity contribution in [3.05, 3.63) is 35.4 Å². The maximum absolute atomic E-state index is 10.5. The second-order valence-electron chi connectivity index (χ2n) is 9.84. The Kier molecular flexibility index (Phi) is 4.58. The number of hydrogen-bond acceptors (Lipinski definition) is 3. The molecule has 0 radical (unpaired) electrons. The van der Waals surface area contributed by atoms with E-state index in [1.165, 1.54) is 49.7 Å². The molecule has 0 amide bonds. The highest BCUT2D eigenvalue weighted by Gasteiger charge is 2.50. The van der Waals surface area contributed by atoms with Gasteiger partial charge in [0, 0.05) is 19.6 Å². The third-order valence-corrected chi connectivity index (χ3v) is 7.56. The molecule has 4 aliphatic carbocycles. The Labute approximate surface area is 157 Å². The average molecular weight is 356 g/mol. The van der Waals surface area contributed by atoms with E-state index in [1.54, 1.807) is 0 Å². The van der Waals surface area contributed by atoms with Crippen molar-refractivity contribution in [3.63, 3.8) is 0 Å². The topological polar surface area (TPSA) is 32.7 Å². The van der Waals surface area contributed by atoms with Gasteiger partial charge in [-0.2, -0.15) is 0 Å². The Hall–Kier alpha value is -0.900. The first-order chi connectivity index (χ1) is 12.7. The Morgan fingerprint density at radius 3 is 2.38 bits per heavy atom. The molecule has 26 heavy (non-hydrogen) atoms. The number of rotatable bonds is 6. The summed E-state index contributed by atoms with van der Waals surface area (Å²) in [5.74, 6) is 2.93.